The SMILES string of the molecule is CCc1noc(-c2cccnc2N2CCCN(C(=O)c3ccc(C(C)(C)C)cc3)CC2)n1. The van der Waals surface area contributed by atoms with Gasteiger partial charge in [-0.3, -0.25) is 4.79 Å². The Morgan fingerprint density at radius 2 is 1.84 bits per heavy atom. The summed E-state index contributed by atoms with van der Waals surface area (Å²) in [6.45, 7) is 11.4. The normalized spacial score (nSPS) is 15.0. The van der Waals surface area contributed by atoms with E-state index in [1.54, 1.807) is 6.20 Å². The van der Waals surface area contributed by atoms with Crippen molar-refractivity contribution in [3.05, 3.63) is 59.5 Å². The third-order valence-electron chi connectivity index (χ3n) is 5.88. The smallest absolute Gasteiger partial charge is 0.261 e. The summed E-state index contributed by atoms with van der Waals surface area (Å²) in [5.41, 5.74) is 2.87. The molecule has 1 fully saturated rings. The van der Waals surface area contributed by atoms with E-state index in [1.165, 1.54) is 5.56 Å². The Kier molecular flexibility index (Phi) is 6.26. The molecule has 0 atom stereocenters. The van der Waals surface area contributed by atoms with Gasteiger partial charge in [0, 0.05) is 44.4 Å². The Morgan fingerprint density at radius 3 is 2.53 bits per heavy atom. The van der Waals surface area contributed by atoms with Crippen LogP contribution in [-0.2, 0) is 11.8 Å². The lowest BCUT2D eigenvalue weighted by atomic mass is 9.86. The minimum atomic E-state index is 0.0708. The number of carbonyl (C=O) groups excluding carboxylic acids is 1. The predicted octanol–water partition coefficient (Wildman–Crippen LogP) is 4.34. The number of hydrogen-bond acceptors (Lipinski definition) is 6. The number of benzene rings is 1. The van der Waals surface area contributed by atoms with Crippen molar-refractivity contribution in [2.45, 2.75) is 46.0 Å². The molecule has 7 nitrogen and oxygen atoms in total. The Balaban J connectivity index is 1.49. The van der Waals surface area contributed by atoms with Gasteiger partial charge in [-0.1, -0.05) is 45.0 Å². The van der Waals surface area contributed by atoms with E-state index in [0.717, 1.165) is 42.9 Å². The van der Waals surface area contributed by atoms with Crippen molar-refractivity contribution in [2.24, 2.45) is 0 Å². The minimum Gasteiger partial charge on any atom is -0.354 e. The zero-order valence-corrected chi connectivity index (χ0v) is 19.3. The Morgan fingerprint density at radius 1 is 1.06 bits per heavy atom. The highest BCUT2D eigenvalue weighted by Crippen LogP contribution is 2.28. The van der Waals surface area contributed by atoms with Crippen molar-refractivity contribution < 1.29 is 9.32 Å². The van der Waals surface area contributed by atoms with Crippen LogP contribution >= 0.6 is 0 Å². The Labute approximate surface area is 189 Å². The van der Waals surface area contributed by atoms with Crippen molar-refractivity contribution in [1.29, 1.82) is 0 Å². The summed E-state index contributed by atoms with van der Waals surface area (Å²) in [5.74, 6) is 2.07. The van der Waals surface area contributed by atoms with Gasteiger partial charge in [-0.15, -0.1) is 0 Å². The zero-order valence-electron chi connectivity index (χ0n) is 19.3. The van der Waals surface area contributed by atoms with Gasteiger partial charge in [-0.25, -0.2) is 4.98 Å². The number of aromatic nitrogens is 3. The lowest BCUT2D eigenvalue weighted by Gasteiger charge is -2.24. The lowest BCUT2D eigenvalue weighted by molar-refractivity contribution is 0.0767. The van der Waals surface area contributed by atoms with Crippen LogP contribution in [0.5, 0.6) is 0 Å². The summed E-state index contributed by atoms with van der Waals surface area (Å²) in [7, 11) is 0. The second-order valence-electron chi connectivity index (χ2n) is 9.20. The monoisotopic (exact) mass is 433 g/mol. The molecule has 1 aliphatic heterocycles. The van der Waals surface area contributed by atoms with Gasteiger partial charge in [-0.2, -0.15) is 4.98 Å². The molecule has 2 aromatic heterocycles. The van der Waals surface area contributed by atoms with E-state index in [9.17, 15) is 4.79 Å². The number of amides is 1. The first-order chi connectivity index (χ1) is 15.4. The molecule has 32 heavy (non-hydrogen) atoms. The van der Waals surface area contributed by atoms with E-state index < -0.39 is 0 Å². The minimum absolute atomic E-state index is 0.0708. The molecule has 1 aliphatic rings. The van der Waals surface area contributed by atoms with E-state index in [-0.39, 0.29) is 11.3 Å². The molecule has 0 aliphatic carbocycles. The van der Waals surface area contributed by atoms with E-state index in [0.29, 0.717) is 24.8 Å². The summed E-state index contributed by atoms with van der Waals surface area (Å²) >= 11 is 0. The Bertz CT molecular complexity index is 1070. The van der Waals surface area contributed by atoms with Crippen molar-refractivity contribution in [2.75, 3.05) is 31.1 Å². The zero-order chi connectivity index (χ0) is 22.7. The molecule has 4 rings (SSSR count). The largest absolute Gasteiger partial charge is 0.354 e. The number of pyridine rings is 1. The van der Waals surface area contributed by atoms with E-state index in [2.05, 4.69) is 52.9 Å². The van der Waals surface area contributed by atoms with Gasteiger partial charge >= 0.3 is 0 Å². The average molecular weight is 434 g/mol. The quantitative estimate of drug-likeness (QED) is 0.609. The molecule has 1 amide bonds. The molecule has 1 saturated heterocycles. The maximum atomic E-state index is 13.1. The van der Waals surface area contributed by atoms with Crippen LogP contribution in [0, 0.1) is 0 Å². The van der Waals surface area contributed by atoms with Crippen LogP contribution in [-0.4, -0.2) is 52.1 Å². The molecule has 3 heterocycles. The highest BCUT2D eigenvalue weighted by atomic mass is 16.5. The average Bonchev–Trinajstić information content (AvgIpc) is 3.15. The number of nitrogens with zero attached hydrogens (tertiary/aromatic N) is 5. The highest BCUT2D eigenvalue weighted by molar-refractivity contribution is 5.94. The second-order valence-corrected chi connectivity index (χ2v) is 9.20. The second kappa shape index (κ2) is 9.10. The lowest BCUT2D eigenvalue weighted by Crippen LogP contribution is -2.35. The van der Waals surface area contributed by atoms with Gasteiger partial charge in [0.05, 0.1) is 5.56 Å². The van der Waals surface area contributed by atoms with Gasteiger partial charge < -0.3 is 14.3 Å². The molecule has 0 saturated carbocycles. The number of anilines is 1. The van der Waals surface area contributed by atoms with E-state index >= 15 is 0 Å². The fourth-order valence-electron chi connectivity index (χ4n) is 3.95. The van der Waals surface area contributed by atoms with Gasteiger partial charge in [0.1, 0.15) is 5.82 Å². The van der Waals surface area contributed by atoms with Gasteiger partial charge in [0.15, 0.2) is 5.82 Å². The van der Waals surface area contributed by atoms with Crippen molar-refractivity contribution in [1.82, 2.24) is 20.0 Å². The third kappa shape index (κ3) is 4.66. The van der Waals surface area contributed by atoms with Crippen LogP contribution in [0.3, 0.4) is 0 Å². The summed E-state index contributed by atoms with van der Waals surface area (Å²) in [4.78, 5) is 26.4. The highest BCUT2D eigenvalue weighted by Gasteiger charge is 2.24. The van der Waals surface area contributed by atoms with E-state index in [4.69, 9.17) is 4.52 Å². The summed E-state index contributed by atoms with van der Waals surface area (Å²) in [5, 5.41) is 4.02. The Hall–Kier alpha value is -3.22. The first-order valence-corrected chi connectivity index (χ1v) is 11.3. The van der Waals surface area contributed by atoms with Crippen LogP contribution < -0.4 is 4.90 Å². The van der Waals surface area contributed by atoms with Gasteiger partial charge in [-0.05, 0) is 41.7 Å². The third-order valence-corrected chi connectivity index (χ3v) is 5.88. The van der Waals surface area contributed by atoms with Gasteiger partial charge in [0.25, 0.3) is 11.8 Å². The predicted molar refractivity (Wildman–Crippen MR) is 125 cm³/mol. The van der Waals surface area contributed by atoms with Crippen LogP contribution in [0.1, 0.15) is 55.9 Å². The van der Waals surface area contributed by atoms with E-state index in [1.807, 2.05) is 36.1 Å². The molecular formula is C25H31N5O2. The maximum Gasteiger partial charge on any atom is 0.261 e. The standard InChI is InChI=1S/C25H31N5O2/c1-5-21-27-23(32-28-21)20-8-6-13-26-22(20)29-14-7-15-30(17-16-29)24(31)18-9-11-19(12-10-18)25(2,3)4/h6,8-13H,5,7,14-17H2,1-4H3. The summed E-state index contributed by atoms with van der Waals surface area (Å²) < 4.78 is 5.46. The number of rotatable bonds is 4. The molecule has 0 spiro atoms. The summed E-state index contributed by atoms with van der Waals surface area (Å²) in [6.07, 6.45) is 3.36. The number of carbonyl (C=O) groups is 1. The molecular weight excluding hydrogens is 402 g/mol. The number of hydrogen-bond donors (Lipinski definition) is 0. The van der Waals surface area contributed by atoms with Crippen molar-refractivity contribution >= 4 is 11.7 Å². The maximum absolute atomic E-state index is 13.1. The number of aryl methyl sites for hydroxylation is 1. The first-order valence-electron chi connectivity index (χ1n) is 11.3. The van der Waals surface area contributed by atoms with Crippen molar-refractivity contribution in [3.63, 3.8) is 0 Å². The molecule has 0 bridgehead atoms. The summed E-state index contributed by atoms with van der Waals surface area (Å²) in [6, 6.07) is 11.9. The van der Waals surface area contributed by atoms with Crippen molar-refractivity contribution in [3.8, 4) is 11.5 Å². The fraction of sp³-hybridized carbons (Fsp3) is 0.440. The van der Waals surface area contributed by atoms with Crippen LogP contribution in [0.4, 0.5) is 5.82 Å². The van der Waals surface area contributed by atoms with Crippen LogP contribution in [0.15, 0.2) is 47.1 Å². The molecule has 1 aromatic carbocycles. The van der Waals surface area contributed by atoms with Crippen LogP contribution in [0.2, 0.25) is 0 Å². The fourth-order valence-corrected chi connectivity index (χ4v) is 3.95. The molecule has 7 heteroatoms. The molecule has 168 valence electrons. The molecule has 0 radical (unpaired) electrons. The molecule has 3 aromatic rings. The molecule has 0 N–H and O–H groups in total. The van der Waals surface area contributed by atoms with Crippen LogP contribution in [0.25, 0.3) is 11.5 Å². The first kappa shape index (κ1) is 22.0. The van der Waals surface area contributed by atoms with Gasteiger partial charge in [0.2, 0.25) is 0 Å². The molecule has 0 unspecified atom stereocenters. The topological polar surface area (TPSA) is 75.4 Å².